The summed E-state index contributed by atoms with van der Waals surface area (Å²) < 4.78 is 0. The Morgan fingerprint density at radius 2 is 1.85 bits per heavy atom. The van der Waals surface area contributed by atoms with Gasteiger partial charge in [-0.25, -0.2) is 0 Å². The van der Waals surface area contributed by atoms with Crippen LogP contribution >= 0.6 is 0 Å². The second kappa shape index (κ2) is 8.24. The first kappa shape index (κ1) is 12.6. The minimum Gasteiger partial charge on any atom is -0.306 e. The second-order valence-electron chi connectivity index (χ2n) is 3.65. The lowest BCUT2D eigenvalue weighted by atomic mass is 10.1. The maximum absolute atomic E-state index is 11.0. The van der Waals surface area contributed by atoms with E-state index in [0.29, 0.717) is 12.2 Å². The number of unbranched alkanes of at least 4 members (excludes halogenated alkanes) is 1. The number of carbonyl (C=O) groups is 1. The molecule has 0 aliphatic rings. The van der Waals surface area contributed by atoms with Gasteiger partial charge in [-0.1, -0.05) is 13.8 Å². The van der Waals surface area contributed by atoms with Crippen molar-refractivity contribution in [2.45, 2.75) is 46.0 Å². The molecule has 0 unspecified atom stereocenters. The number of ketones is 1. The molecular weight excluding hydrogens is 162 g/mol. The van der Waals surface area contributed by atoms with E-state index in [-0.39, 0.29) is 0 Å². The van der Waals surface area contributed by atoms with Crippen LogP contribution in [0.2, 0.25) is 0 Å². The lowest BCUT2D eigenvalue weighted by Crippen LogP contribution is -2.20. The predicted molar refractivity (Wildman–Crippen MR) is 56.9 cm³/mol. The Hall–Kier alpha value is -0.370. The van der Waals surface area contributed by atoms with Gasteiger partial charge in [0.1, 0.15) is 5.78 Å². The van der Waals surface area contributed by atoms with Gasteiger partial charge >= 0.3 is 0 Å². The summed E-state index contributed by atoms with van der Waals surface area (Å²) in [6.07, 6.45) is 4.90. The molecule has 0 aliphatic heterocycles. The first-order chi connectivity index (χ1) is 6.20. The van der Waals surface area contributed by atoms with Crippen molar-refractivity contribution >= 4 is 5.78 Å². The molecule has 0 atom stereocenters. The molecule has 0 spiro atoms. The summed E-state index contributed by atoms with van der Waals surface area (Å²) in [7, 11) is 2.14. The van der Waals surface area contributed by atoms with Crippen molar-refractivity contribution in [1.29, 1.82) is 0 Å². The van der Waals surface area contributed by atoms with Crippen LogP contribution in [0.1, 0.15) is 46.0 Å². The van der Waals surface area contributed by atoms with Gasteiger partial charge in [-0.3, -0.25) is 4.79 Å². The molecule has 0 bridgehead atoms. The summed E-state index contributed by atoms with van der Waals surface area (Å²) in [5.74, 6) is 0.401. The predicted octanol–water partition coefficient (Wildman–Crippen LogP) is 2.48. The molecule has 0 aromatic heterocycles. The SMILES string of the molecule is CCCN(C)CCCCC(=O)CC. The zero-order chi connectivity index (χ0) is 10.1. The molecule has 0 N–H and O–H groups in total. The largest absolute Gasteiger partial charge is 0.306 e. The fourth-order valence-corrected chi connectivity index (χ4v) is 1.37. The summed E-state index contributed by atoms with van der Waals surface area (Å²) in [4.78, 5) is 13.3. The summed E-state index contributed by atoms with van der Waals surface area (Å²) in [6.45, 7) is 6.43. The molecule has 0 aliphatic carbocycles. The van der Waals surface area contributed by atoms with Gasteiger partial charge in [0.2, 0.25) is 0 Å². The minimum absolute atomic E-state index is 0.401. The number of hydrogen-bond donors (Lipinski definition) is 0. The van der Waals surface area contributed by atoms with Gasteiger partial charge in [0.15, 0.2) is 0 Å². The Labute approximate surface area is 82.3 Å². The van der Waals surface area contributed by atoms with Crippen molar-refractivity contribution in [3.63, 3.8) is 0 Å². The molecule has 0 saturated heterocycles. The number of nitrogens with zero attached hydrogens (tertiary/aromatic N) is 1. The van der Waals surface area contributed by atoms with E-state index in [9.17, 15) is 4.79 Å². The average Bonchev–Trinajstić information content (AvgIpc) is 2.12. The van der Waals surface area contributed by atoms with Crippen molar-refractivity contribution in [1.82, 2.24) is 4.90 Å². The van der Waals surface area contributed by atoms with Gasteiger partial charge in [0.25, 0.3) is 0 Å². The average molecular weight is 185 g/mol. The van der Waals surface area contributed by atoms with Crippen LogP contribution < -0.4 is 0 Å². The Morgan fingerprint density at radius 3 is 2.38 bits per heavy atom. The van der Waals surface area contributed by atoms with Crippen LogP contribution in [-0.4, -0.2) is 30.8 Å². The van der Waals surface area contributed by atoms with E-state index in [4.69, 9.17) is 0 Å². The molecule has 0 radical (unpaired) electrons. The van der Waals surface area contributed by atoms with Crippen LogP contribution in [0.5, 0.6) is 0 Å². The lowest BCUT2D eigenvalue weighted by molar-refractivity contribution is -0.118. The van der Waals surface area contributed by atoms with Crippen molar-refractivity contribution in [3.8, 4) is 0 Å². The first-order valence-corrected chi connectivity index (χ1v) is 5.41. The van der Waals surface area contributed by atoms with Gasteiger partial charge in [-0.2, -0.15) is 0 Å². The van der Waals surface area contributed by atoms with Crippen molar-refractivity contribution in [3.05, 3.63) is 0 Å². The van der Waals surface area contributed by atoms with E-state index in [1.165, 1.54) is 13.0 Å². The maximum atomic E-state index is 11.0. The van der Waals surface area contributed by atoms with Gasteiger partial charge in [0, 0.05) is 12.8 Å². The topological polar surface area (TPSA) is 20.3 Å². The highest BCUT2D eigenvalue weighted by molar-refractivity contribution is 5.77. The minimum atomic E-state index is 0.401. The number of Topliss-reactive ketones (excluding diaryl/α,β-unsaturated/α-hetero) is 1. The van der Waals surface area contributed by atoms with E-state index >= 15 is 0 Å². The van der Waals surface area contributed by atoms with Crippen LogP contribution in [0.15, 0.2) is 0 Å². The summed E-state index contributed by atoms with van der Waals surface area (Å²) >= 11 is 0. The van der Waals surface area contributed by atoms with Crippen LogP contribution in [-0.2, 0) is 4.79 Å². The third kappa shape index (κ3) is 7.97. The summed E-state index contributed by atoms with van der Waals surface area (Å²) in [6, 6.07) is 0. The monoisotopic (exact) mass is 185 g/mol. The molecule has 0 aromatic carbocycles. The molecule has 0 amide bonds. The molecule has 0 heterocycles. The van der Waals surface area contributed by atoms with Gasteiger partial charge in [-0.05, 0) is 39.4 Å². The van der Waals surface area contributed by atoms with Crippen LogP contribution in [0.3, 0.4) is 0 Å². The summed E-state index contributed by atoms with van der Waals surface area (Å²) in [5.41, 5.74) is 0. The van der Waals surface area contributed by atoms with E-state index in [1.807, 2.05) is 6.92 Å². The quantitative estimate of drug-likeness (QED) is 0.541. The molecule has 0 aromatic rings. The Morgan fingerprint density at radius 1 is 1.15 bits per heavy atom. The van der Waals surface area contributed by atoms with E-state index < -0.39 is 0 Å². The van der Waals surface area contributed by atoms with Gasteiger partial charge in [-0.15, -0.1) is 0 Å². The molecule has 0 fully saturated rings. The van der Waals surface area contributed by atoms with Crippen LogP contribution in [0.25, 0.3) is 0 Å². The third-order valence-corrected chi connectivity index (χ3v) is 2.25. The molecule has 2 nitrogen and oxygen atoms in total. The Bertz CT molecular complexity index is 134. The second-order valence-corrected chi connectivity index (χ2v) is 3.65. The van der Waals surface area contributed by atoms with E-state index in [2.05, 4.69) is 18.9 Å². The number of hydrogen-bond acceptors (Lipinski definition) is 2. The standard InChI is InChI=1S/C11H23NO/c1-4-9-12(3)10-7-6-8-11(13)5-2/h4-10H2,1-3H3. The van der Waals surface area contributed by atoms with Gasteiger partial charge in [0.05, 0.1) is 0 Å². The Kier molecular flexibility index (Phi) is 8.00. The van der Waals surface area contributed by atoms with E-state index in [0.717, 1.165) is 25.8 Å². The molecule has 13 heavy (non-hydrogen) atoms. The van der Waals surface area contributed by atoms with Crippen molar-refractivity contribution in [2.24, 2.45) is 0 Å². The smallest absolute Gasteiger partial charge is 0.132 e. The highest BCUT2D eigenvalue weighted by Crippen LogP contribution is 2.00. The van der Waals surface area contributed by atoms with Crippen molar-refractivity contribution < 1.29 is 4.79 Å². The fraction of sp³-hybridized carbons (Fsp3) is 0.909. The number of rotatable bonds is 8. The zero-order valence-corrected chi connectivity index (χ0v) is 9.31. The highest BCUT2D eigenvalue weighted by Gasteiger charge is 1.99. The molecule has 0 saturated carbocycles. The Balaban J connectivity index is 3.20. The fourth-order valence-electron chi connectivity index (χ4n) is 1.37. The molecule has 0 rings (SSSR count). The molecule has 78 valence electrons. The van der Waals surface area contributed by atoms with E-state index in [1.54, 1.807) is 0 Å². The normalized spacial score (nSPS) is 10.8. The lowest BCUT2D eigenvalue weighted by Gasteiger charge is -2.14. The maximum Gasteiger partial charge on any atom is 0.132 e. The molecular formula is C11H23NO. The first-order valence-electron chi connectivity index (χ1n) is 5.41. The number of carbonyl (C=O) groups excluding carboxylic acids is 1. The van der Waals surface area contributed by atoms with Crippen molar-refractivity contribution in [2.75, 3.05) is 20.1 Å². The zero-order valence-electron chi connectivity index (χ0n) is 9.31. The molecule has 2 heteroatoms. The summed E-state index contributed by atoms with van der Waals surface area (Å²) in [5, 5.41) is 0. The van der Waals surface area contributed by atoms with Gasteiger partial charge < -0.3 is 4.90 Å². The third-order valence-electron chi connectivity index (χ3n) is 2.25. The van der Waals surface area contributed by atoms with Crippen LogP contribution in [0, 0.1) is 0 Å². The highest BCUT2D eigenvalue weighted by atomic mass is 16.1. The van der Waals surface area contributed by atoms with Crippen LogP contribution in [0.4, 0.5) is 0 Å².